The van der Waals surface area contributed by atoms with Gasteiger partial charge in [0.05, 0.1) is 50.5 Å². The van der Waals surface area contributed by atoms with Crippen molar-refractivity contribution in [3.05, 3.63) is 103 Å². The Morgan fingerprint density at radius 1 is 1.07 bits per heavy atom. The van der Waals surface area contributed by atoms with Crippen LogP contribution in [0.25, 0.3) is 22.2 Å². The second kappa shape index (κ2) is 17.2. The van der Waals surface area contributed by atoms with Gasteiger partial charge in [-0.15, -0.1) is 0 Å². The number of amides is 1. The van der Waals surface area contributed by atoms with E-state index in [1.807, 2.05) is 44.4 Å². The fraction of sp³-hybridized carbons (Fsp3) is 0.324. The number of carbonyl (C=O) groups excluding carboxylic acids is 1. The summed E-state index contributed by atoms with van der Waals surface area (Å²) < 4.78 is 14.6. The van der Waals surface area contributed by atoms with Crippen molar-refractivity contribution in [2.45, 2.75) is 25.4 Å². The van der Waals surface area contributed by atoms with Crippen molar-refractivity contribution in [1.29, 1.82) is 0 Å². The molecule has 1 N–H and O–H groups in total. The van der Waals surface area contributed by atoms with Crippen LogP contribution in [0, 0.1) is 10.1 Å². The minimum atomic E-state index is -0.487. The Labute approximate surface area is 337 Å². The van der Waals surface area contributed by atoms with Gasteiger partial charge in [0.15, 0.2) is 5.69 Å². The average Bonchev–Trinajstić information content (AvgIpc) is 3.51. The van der Waals surface area contributed by atoms with Crippen LogP contribution in [0.3, 0.4) is 0 Å². The van der Waals surface area contributed by atoms with Gasteiger partial charge in [0.1, 0.15) is 23.7 Å². The third-order valence-corrected chi connectivity index (χ3v) is 10.2. The minimum Gasteiger partial charge on any atom is -1.00 e. The molecule has 1 aliphatic heterocycles. The second-order valence-corrected chi connectivity index (χ2v) is 14.4. The number of nitrogens with one attached hydrogen (secondary N) is 1. The first kappa shape index (κ1) is 41.1. The molecule has 2 aromatic carbocycles. The van der Waals surface area contributed by atoms with Crippen LogP contribution in [0.2, 0.25) is 10.0 Å². The summed E-state index contributed by atoms with van der Waals surface area (Å²) in [6.07, 6.45) is 7.33. The van der Waals surface area contributed by atoms with Crippen LogP contribution in [0.5, 0.6) is 11.5 Å². The van der Waals surface area contributed by atoms with E-state index in [1.54, 1.807) is 45.5 Å². The number of nitro groups is 1. The predicted octanol–water partition coefficient (Wildman–Crippen LogP) is 3.17. The van der Waals surface area contributed by atoms with Crippen molar-refractivity contribution in [2.24, 2.45) is 7.05 Å². The Kier molecular flexibility index (Phi) is 12.9. The standard InChI is InChI=1S/C37H39Cl2N9O6.BrH/c1-44-22-41-35(47(51)52)27(44)21-48(2,3)17-9-12-30(49)45-15-13-25(14-16-45)46-34-23(20-40-37(43-34)42-24-10-7-6-8-11-24)18-26(36(46)50)31-32(38)28(53-4)19-29(54-5)33(31)39;/h6-12,18-20,22,25H,13-17,21H2,1-5H3;1H/b12-9+;. The van der Waals surface area contributed by atoms with Gasteiger partial charge in [0, 0.05) is 61.2 Å². The van der Waals surface area contributed by atoms with Crippen LogP contribution in [0.1, 0.15) is 24.6 Å². The predicted molar refractivity (Wildman–Crippen MR) is 207 cm³/mol. The fourth-order valence-corrected chi connectivity index (χ4v) is 7.31. The van der Waals surface area contributed by atoms with Gasteiger partial charge in [0.25, 0.3) is 5.56 Å². The number of piperidine rings is 1. The fourth-order valence-electron chi connectivity index (χ4n) is 6.61. The molecule has 1 aliphatic rings. The van der Waals surface area contributed by atoms with Crippen LogP contribution in [0.15, 0.2) is 71.9 Å². The van der Waals surface area contributed by atoms with E-state index in [1.165, 1.54) is 26.6 Å². The molecule has 5 aromatic rings. The van der Waals surface area contributed by atoms with E-state index < -0.39 is 4.92 Å². The molecular formula is C37H40BrCl2N9O6. The molecule has 0 saturated carbocycles. The number of ether oxygens (including phenoxy) is 2. The quantitative estimate of drug-likeness (QED) is 0.0856. The zero-order chi connectivity index (χ0) is 38.7. The molecule has 6 rings (SSSR count). The maximum Gasteiger partial charge on any atom is 0.390 e. The van der Waals surface area contributed by atoms with Gasteiger partial charge >= 0.3 is 5.82 Å². The number of nitrogens with zero attached hydrogens (tertiary/aromatic N) is 8. The summed E-state index contributed by atoms with van der Waals surface area (Å²) >= 11 is 13.6. The Hall–Kier alpha value is -5.03. The van der Waals surface area contributed by atoms with E-state index in [4.69, 9.17) is 37.7 Å². The van der Waals surface area contributed by atoms with E-state index in [0.717, 1.165) is 5.69 Å². The van der Waals surface area contributed by atoms with Gasteiger partial charge in [-0.25, -0.2) is 4.98 Å². The molecule has 18 heteroatoms. The molecule has 3 aromatic heterocycles. The van der Waals surface area contributed by atoms with Crippen molar-refractivity contribution in [1.82, 2.24) is 29.0 Å². The summed E-state index contributed by atoms with van der Waals surface area (Å²) in [6, 6.07) is 12.4. The lowest BCUT2D eigenvalue weighted by Gasteiger charge is -2.33. The number of halogens is 3. The first-order valence-electron chi connectivity index (χ1n) is 17.1. The van der Waals surface area contributed by atoms with Gasteiger partial charge in [-0.1, -0.05) is 41.4 Å². The number of fused-ring (bicyclic) bond motifs is 1. The van der Waals surface area contributed by atoms with Crippen molar-refractivity contribution in [2.75, 3.05) is 53.3 Å². The summed E-state index contributed by atoms with van der Waals surface area (Å²) in [5, 5.41) is 15.5. The van der Waals surface area contributed by atoms with E-state index in [-0.39, 0.29) is 73.0 Å². The molecule has 1 fully saturated rings. The number of rotatable bonds is 12. The number of aryl methyl sites for hydroxylation is 1. The lowest BCUT2D eigenvalue weighted by molar-refractivity contribution is -0.898. The Balaban J connectivity index is 0.00000580. The number of methoxy groups -OCH3 is 2. The number of likely N-dealkylation sites (N-methyl/N-ethyl adjacent to an activating group) is 1. The minimum absolute atomic E-state index is 0. The number of para-hydroxylation sites is 1. The molecule has 0 aliphatic carbocycles. The molecule has 0 radical (unpaired) electrons. The van der Waals surface area contributed by atoms with Crippen LogP contribution < -0.4 is 37.3 Å². The topological polar surface area (TPSA) is 160 Å². The zero-order valence-corrected chi connectivity index (χ0v) is 33.9. The van der Waals surface area contributed by atoms with E-state index >= 15 is 0 Å². The normalized spacial score (nSPS) is 13.5. The summed E-state index contributed by atoms with van der Waals surface area (Å²) in [7, 11) is 8.51. The molecule has 290 valence electrons. The third-order valence-electron chi connectivity index (χ3n) is 9.44. The monoisotopic (exact) mass is 855 g/mol. The number of anilines is 2. The Morgan fingerprint density at radius 3 is 2.35 bits per heavy atom. The van der Waals surface area contributed by atoms with Gasteiger partial charge in [-0.3, -0.25) is 14.2 Å². The smallest absolute Gasteiger partial charge is 0.390 e. The summed E-state index contributed by atoms with van der Waals surface area (Å²) in [6.45, 7) is 1.59. The van der Waals surface area contributed by atoms with Gasteiger partial charge in [-0.05, 0) is 47.0 Å². The van der Waals surface area contributed by atoms with Crippen molar-refractivity contribution < 1.29 is 40.7 Å². The molecule has 0 spiro atoms. The number of pyridine rings is 1. The lowest BCUT2D eigenvalue weighted by Crippen LogP contribution is -3.00. The highest BCUT2D eigenvalue weighted by Crippen LogP contribution is 2.45. The molecule has 55 heavy (non-hydrogen) atoms. The number of imidazole rings is 1. The molecule has 0 unspecified atom stereocenters. The molecule has 0 atom stereocenters. The average molecular weight is 858 g/mol. The number of benzene rings is 2. The van der Waals surface area contributed by atoms with Crippen LogP contribution in [-0.2, 0) is 18.4 Å². The molecule has 15 nitrogen and oxygen atoms in total. The number of likely N-dealkylation sites (tertiary alicyclic amines) is 1. The number of carbonyl (C=O) groups is 1. The summed E-state index contributed by atoms with van der Waals surface area (Å²) in [4.78, 5) is 53.9. The van der Waals surface area contributed by atoms with E-state index in [0.29, 0.717) is 66.2 Å². The van der Waals surface area contributed by atoms with E-state index in [9.17, 15) is 19.7 Å². The number of quaternary nitrogens is 1. The van der Waals surface area contributed by atoms with Crippen LogP contribution in [0.4, 0.5) is 17.5 Å². The first-order valence-corrected chi connectivity index (χ1v) is 17.8. The van der Waals surface area contributed by atoms with Gasteiger partial charge in [0.2, 0.25) is 18.2 Å². The largest absolute Gasteiger partial charge is 1.00 e. The van der Waals surface area contributed by atoms with Crippen molar-refractivity contribution in [3.63, 3.8) is 0 Å². The first-order chi connectivity index (χ1) is 25.8. The van der Waals surface area contributed by atoms with Crippen molar-refractivity contribution in [3.8, 4) is 22.6 Å². The number of aromatic nitrogens is 5. The van der Waals surface area contributed by atoms with Gasteiger partial charge in [-0.2, -0.15) is 4.98 Å². The second-order valence-electron chi connectivity index (χ2n) is 13.6. The molecule has 1 saturated heterocycles. The molecule has 1 amide bonds. The zero-order valence-electron chi connectivity index (χ0n) is 30.8. The SMILES string of the molecule is COc1cc(OC)c(Cl)c(-c2cc3cnc(Nc4ccccc4)nc3n(C3CCN(C(=O)/C=C/C[N+](C)(C)Cc4c([N+](=O)[O-])ncn4C)CC3)c2=O)c1Cl.[Br-]. The maximum atomic E-state index is 14.6. The maximum absolute atomic E-state index is 14.6. The molecule has 0 bridgehead atoms. The van der Waals surface area contributed by atoms with Crippen LogP contribution in [-0.4, -0.2) is 92.2 Å². The van der Waals surface area contributed by atoms with Crippen molar-refractivity contribution >= 4 is 57.6 Å². The van der Waals surface area contributed by atoms with E-state index in [2.05, 4.69) is 15.3 Å². The number of hydrogen-bond donors (Lipinski definition) is 1. The highest BCUT2D eigenvalue weighted by Gasteiger charge is 2.30. The summed E-state index contributed by atoms with van der Waals surface area (Å²) in [5.74, 6) is 0.556. The van der Waals surface area contributed by atoms with Gasteiger partial charge < -0.3 is 55.8 Å². The third kappa shape index (κ3) is 8.77. The number of hydrogen-bond acceptors (Lipinski definition) is 10. The van der Waals surface area contributed by atoms with Crippen LogP contribution >= 0.6 is 23.2 Å². The Morgan fingerprint density at radius 2 is 1.73 bits per heavy atom. The lowest BCUT2D eigenvalue weighted by atomic mass is 10.0. The summed E-state index contributed by atoms with van der Waals surface area (Å²) in [5.41, 5.74) is 1.81. The molecule has 4 heterocycles. The highest BCUT2D eigenvalue weighted by molar-refractivity contribution is 6.41. The Bertz CT molecular complexity index is 2280. The highest BCUT2D eigenvalue weighted by atomic mass is 79.9. The molecular weight excluding hydrogens is 817 g/mol.